The zero-order chi connectivity index (χ0) is 14.1. The molecule has 5 heteroatoms. The summed E-state index contributed by atoms with van der Waals surface area (Å²) in [6.45, 7) is 1.94. The van der Waals surface area contributed by atoms with Crippen molar-refractivity contribution in [3.05, 3.63) is 23.8 Å². The van der Waals surface area contributed by atoms with E-state index in [9.17, 15) is 9.90 Å². The number of rotatable bonds is 3. The largest absolute Gasteiger partial charge is 0.506 e. The molecular weight excluding hydrogens is 288 g/mol. The number of nitrogens with one attached hydrogen (secondary N) is 2. The monoisotopic (exact) mass is 310 g/mol. The smallest absolute Gasteiger partial charge is 0.224 e. The highest BCUT2D eigenvalue weighted by atomic mass is 35.5. The quantitative estimate of drug-likeness (QED) is 0.752. The summed E-state index contributed by atoms with van der Waals surface area (Å²) in [5.41, 5.74) is 1.55. The van der Waals surface area contributed by atoms with E-state index in [0.29, 0.717) is 30.1 Å². The summed E-state index contributed by atoms with van der Waals surface area (Å²) in [4.78, 5) is 12.1. The summed E-state index contributed by atoms with van der Waals surface area (Å²) < 4.78 is 0. The highest BCUT2D eigenvalue weighted by Crippen LogP contribution is 2.33. The van der Waals surface area contributed by atoms with Gasteiger partial charge in [-0.05, 0) is 56.2 Å². The van der Waals surface area contributed by atoms with Crippen LogP contribution in [0.3, 0.4) is 0 Å². The van der Waals surface area contributed by atoms with Crippen molar-refractivity contribution < 1.29 is 9.90 Å². The van der Waals surface area contributed by atoms with E-state index in [1.54, 1.807) is 12.1 Å². The topological polar surface area (TPSA) is 61.4 Å². The molecule has 1 aromatic rings. The number of carbonyl (C=O) groups excluding carboxylic acids is 1. The van der Waals surface area contributed by atoms with E-state index in [1.165, 1.54) is 12.8 Å². The Morgan fingerprint density at radius 3 is 2.67 bits per heavy atom. The lowest BCUT2D eigenvalue weighted by Crippen LogP contribution is -2.39. The maximum absolute atomic E-state index is 12.1. The molecule has 0 aromatic heterocycles. The van der Waals surface area contributed by atoms with Crippen molar-refractivity contribution in [3.8, 4) is 5.75 Å². The van der Waals surface area contributed by atoms with Crippen molar-refractivity contribution in [2.75, 3.05) is 5.32 Å². The molecule has 2 fully saturated rings. The van der Waals surface area contributed by atoms with Crippen LogP contribution in [0, 0.1) is 12.8 Å². The standard InChI is InChI=1S/C16H22N2O2.ClH/c1-10-2-5-15(19)14(6-10)18-16(20)9-11-7-12-3-4-13(8-11)17-12;/h2,5-6,11-13,17,19H,3-4,7-9H2,1H3,(H,18,20);1H. The van der Waals surface area contributed by atoms with E-state index >= 15 is 0 Å². The number of halogens is 1. The van der Waals surface area contributed by atoms with Crippen molar-refractivity contribution in [1.82, 2.24) is 5.32 Å². The van der Waals surface area contributed by atoms with Crippen LogP contribution in [0.5, 0.6) is 5.75 Å². The predicted molar refractivity (Wildman–Crippen MR) is 86.0 cm³/mol. The van der Waals surface area contributed by atoms with Gasteiger partial charge in [0.1, 0.15) is 5.75 Å². The molecule has 2 atom stereocenters. The Kier molecular flexibility index (Phi) is 5.12. The summed E-state index contributed by atoms with van der Waals surface area (Å²) in [5.74, 6) is 0.618. The van der Waals surface area contributed by atoms with E-state index in [4.69, 9.17) is 0 Å². The minimum atomic E-state index is 0. The first-order valence-electron chi connectivity index (χ1n) is 7.45. The Morgan fingerprint density at radius 1 is 1.33 bits per heavy atom. The van der Waals surface area contributed by atoms with Crippen molar-refractivity contribution in [3.63, 3.8) is 0 Å². The Labute approximate surface area is 131 Å². The molecule has 1 amide bonds. The number of phenols is 1. The third-order valence-electron chi connectivity index (χ3n) is 4.47. The van der Waals surface area contributed by atoms with Crippen LogP contribution in [0.1, 0.15) is 37.7 Å². The van der Waals surface area contributed by atoms with E-state index in [-0.39, 0.29) is 24.1 Å². The van der Waals surface area contributed by atoms with Crippen molar-refractivity contribution in [2.45, 2.75) is 51.1 Å². The van der Waals surface area contributed by atoms with Crippen LogP contribution in [0.4, 0.5) is 5.69 Å². The molecule has 2 bridgehead atoms. The van der Waals surface area contributed by atoms with Crippen molar-refractivity contribution in [1.29, 1.82) is 0 Å². The van der Waals surface area contributed by atoms with Gasteiger partial charge in [-0.2, -0.15) is 0 Å². The van der Waals surface area contributed by atoms with Crippen LogP contribution in [0.15, 0.2) is 18.2 Å². The molecule has 2 heterocycles. The number of piperidine rings is 1. The van der Waals surface area contributed by atoms with Crippen LogP contribution >= 0.6 is 12.4 Å². The third-order valence-corrected chi connectivity index (χ3v) is 4.47. The predicted octanol–water partition coefficient (Wildman–Crippen LogP) is 2.98. The molecule has 3 N–H and O–H groups in total. The van der Waals surface area contributed by atoms with Crippen LogP contribution < -0.4 is 10.6 Å². The molecule has 21 heavy (non-hydrogen) atoms. The van der Waals surface area contributed by atoms with Gasteiger partial charge in [0.25, 0.3) is 0 Å². The first-order valence-corrected chi connectivity index (χ1v) is 7.45. The lowest BCUT2D eigenvalue weighted by atomic mass is 9.89. The molecule has 2 unspecified atom stereocenters. The number of aromatic hydroxyl groups is 1. The first kappa shape index (κ1) is 16.1. The number of benzene rings is 1. The number of anilines is 1. The highest BCUT2D eigenvalue weighted by Gasteiger charge is 2.34. The van der Waals surface area contributed by atoms with Crippen LogP contribution in [0.25, 0.3) is 0 Å². The zero-order valence-corrected chi connectivity index (χ0v) is 13.1. The highest BCUT2D eigenvalue weighted by molar-refractivity contribution is 5.92. The molecular formula is C16H23ClN2O2. The molecule has 2 saturated heterocycles. The molecule has 3 rings (SSSR count). The summed E-state index contributed by atoms with van der Waals surface area (Å²) >= 11 is 0. The second-order valence-electron chi connectivity index (χ2n) is 6.25. The SMILES string of the molecule is Cc1ccc(O)c(NC(=O)CC2CC3CCC(C2)N3)c1.Cl. The Bertz CT molecular complexity index is 509. The Balaban J connectivity index is 0.00000161. The van der Waals surface area contributed by atoms with Gasteiger partial charge in [-0.25, -0.2) is 0 Å². The third kappa shape index (κ3) is 3.89. The fourth-order valence-corrected chi connectivity index (χ4v) is 3.56. The second-order valence-corrected chi connectivity index (χ2v) is 6.25. The average Bonchev–Trinajstić information content (AvgIpc) is 2.73. The van der Waals surface area contributed by atoms with Crippen molar-refractivity contribution >= 4 is 24.0 Å². The molecule has 1 aromatic carbocycles. The molecule has 2 aliphatic heterocycles. The number of hydrogen-bond donors (Lipinski definition) is 3. The van der Waals surface area contributed by atoms with Gasteiger partial charge < -0.3 is 15.7 Å². The van der Waals surface area contributed by atoms with Crippen LogP contribution in [-0.4, -0.2) is 23.1 Å². The molecule has 0 spiro atoms. The number of aryl methyl sites for hydroxylation is 1. The number of fused-ring (bicyclic) bond motifs is 2. The molecule has 4 nitrogen and oxygen atoms in total. The van der Waals surface area contributed by atoms with Crippen LogP contribution in [0.2, 0.25) is 0 Å². The average molecular weight is 311 g/mol. The van der Waals surface area contributed by atoms with E-state index in [0.717, 1.165) is 18.4 Å². The molecule has 2 aliphatic rings. The minimum Gasteiger partial charge on any atom is -0.506 e. The fraction of sp³-hybridized carbons (Fsp3) is 0.562. The lowest BCUT2D eigenvalue weighted by Gasteiger charge is -2.28. The van der Waals surface area contributed by atoms with Gasteiger partial charge in [0, 0.05) is 18.5 Å². The van der Waals surface area contributed by atoms with Gasteiger partial charge in [-0.15, -0.1) is 12.4 Å². The number of hydrogen-bond acceptors (Lipinski definition) is 3. The van der Waals surface area contributed by atoms with Gasteiger partial charge >= 0.3 is 0 Å². The second kappa shape index (κ2) is 6.67. The maximum atomic E-state index is 12.1. The summed E-state index contributed by atoms with van der Waals surface area (Å²) in [7, 11) is 0. The van der Waals surface area contributed by atoms with Gasteiger partial charge in [-0.1, -0.05) is 6.07 Å². The van der Waals surface area contributed by atoms with Gasteiger partial charge in [0.05, 0.1) is 5.69 Å². The Morgan fingerprint density at radius 2 is 2.00 bits per heavy atom. The Hall–Kier alpha value is -1.26. The molecule has 0 saturated carbocycles. The number of carbonyl (C=O) groups is 1. The normalized spacial score (nSPS) is 27.0. The van der Waals surface area contributed by atoms with Gasteiger partial charge in [0.2, 0.25) is 5.91 Å². The number of amides is 1. The number of phenolic OH excluding ortho intramolecular Hbond substituents is 1. The molecule has 116 valence electrons. The van der Waals surface area contributed by atoms with E-state index < -0.39 is 0 Å². The van der Waals surface area contributed by atoms with Crippen molar-refractivity contribution in [2.24, 2.45) is 5.92 Å². The molecule has 0 aliphatic carbocycles. The fourth-order valence-electron chi connectivity index (χ4n) is 3.56. The van der Waals surface area contributed by atoms with E-state index in [1.807, 2.05) is 13.0 Å². The summed E-state index contributed by atoms with van der Waals surface area (Å²) in [5, 5.41) is 16.2. The van der Waals surface area contributed by atoms with E-state index in [2.05, 4.69) is 10.6 Å². The summed E-state index contributed by atoms with van der Waals surface area (Å²) in [6.07, 6.45) is 5.26. The first-order chi connectivity index (χ1) is 9.60. The van der Waals surface area contributed by atoms with Gasteiger partial charge in [0.15, 0.2) is 0 Å². The zero-order valence-electron chi connectivity index (χ0n) is 12.3. The minimum absolute atomic E-state index is 0. The lowest BCUT2D eigenvalue weighted by molar-refractivity contribution is -0.117. The van der Waals surface area contributed by atoms with Gasteiger partial charge in [-0.3, -0.25) is 4.79 Å². The molecule has 0 radical (unpaired) electrons. The summed E-state index contributed by atoms with van der Waals surface area (Å²) in [6, 6.07) is 6.47. The maximum Gasteiger partial charge on any atom is 0.224 e. The van der Waals surface area contributed by atoms with Crippen LogP contribution in [-0.2, 0) is 4.79 Å².